The predicted molar refractivity (Wildman–Crippen MR) is 69.8 cm³/mol. The average molecular weight is 232 g/mol. The van der Waals surface area contributed by atoms with Crippen LogP contribution in [-0.2, 0) is 0 Å². The SMILES string of the molecule is C[C@H](O)c1ccccc1OCC#CC(C)(C)C. The fraction of sp³-hybridized carbons (Fsp3) is 0.467. The van der Waals surface area contributed by atoms with Crippen LogP contribution in [0.5, 0.6) is 5.75 Å². The standard InChI is InChI=1S/C15H20O2/c1-12(16)13-8-5-6-9-14(13)17-11-7-10-15(2,3)4/h5-6,8-9,12,16H,11H2,1-4H3/t12-/m0/s1. The molecule has 0 unspecified atom stereocenters. The summed E-state index contributed by atoms with van der Waals surface area (Å²) < 4.78 is 5.56. The van der Waals surface area contributed by atoms with Gasteiger partial charge in [-0.25, -0.2) is 0 Å². The zero-order valence-corrected chi connectivity index (χ0v) is 10.9. The summed E-state index contributed by atoms with van der Waals surface area (Å²) in [6.07, 6.45) is -0.526. The Bertz CT molecular complexity index is 417. The third kappa shape index (κ3) is 4.93. The first-order chi connectivity index (χ1) is 7.90. The normalized spacial score (nSPS) is 12.5. The highest BCUT2D eigenvalue weighted by Gasteiger charge is 2.07. The zero-order chi connectivity index (χ0) is 12.9. The highest BCUT2D eigenvalue weighted by atomic mass is 16.5. The lowest BCUT2D eigenvalue weighted by molar-refractivity contribution is 0.193. The van der Waals surface area contributed by atoms with E-state index in [9.17, 15) is 5.11 Å². The van der Waals surface area contributed by atoms with Crippen LogP contribution < -0.4 is 4.74 Å². The molecule has 0 aliphatic carbocycles. The highest BCUT2D eigenvalue weighted by Crippen LogP contribution is 2.24. The average Bonchev–Trinajstić information content (AvgIpc) is 2.23. The van der Waals surface area contributed by atoms with Crippen molar-refractivity contribution in [2.24, 2.45) is 5.41 Å². The van der Waals surface area contributed by atoms with Gasteiger partial charge in [-0.2, -0.15) is 0 Å². The summed E-state index contributed by atoms with van der Waals surface area (Å²) in [5.41, 5.74) is 0.790. The largest absolute Gasteiger partial charge is 0.481 e. The molecule has 0 heterocycles. The minimum atomic E-state index is -0.526. The summed E-state index contributed by atoms with van der Waals surface area (Å²) in [7, 11) is 0. The van der Waals surface area contributed by atoms with Crippen LogP contribution in [0.25, 0.3) is 0 Å². The van der Waals surface area contributed by atoms with E-state index in [-0.39, 0.29) is 5.41 Å². The highest BCUT2D eigenvalue weighted by molar-refractivity contribution is 5.35. The first kappa shape index (κ1) is 13.6. The van der Waals surface area contributed by atoms with E-state index >= 15 is 0 Å². The van der Waals surface area contributed by atoms with E-state index in [1.54, 1.807) is 6.92 Å². The third-order valence-electron chi connectivity index (χ3n) is 2.13. The Morgan fingerprint density at radius 1 is 1.29 bits per heavy atom. The molecule has 0 bridgehead atoms. The van der Waals surface area contributed by atoms with Gasteiger partial charge in [-0.1, -0.05) is 30.0 Å². The number of ether oxygens (including phenoxy) is 1. The maximum Gasteiger partial charge on any atom is 0.149 e. The second-order valence-electron chi connectivity index (χ2n) is 5.05. The Balaban J connectivity index is 2.66. The van der Waals surface area contributed by atoms with Gasteiger partial charge in [0.2, 0.25) is 0 Å². The van der Waals surface area contributed by atoms with Gasteiger partial charge in [-0.05, 0) is 33.8 Å². The number of para-hydroxylation sites is 1. The van der Waals surface area contributed by atoms with Crippen LogP contribution in [0, 0.1) is 17.3 Å². The molecule has 1 atom stereocenters. The van der Waals surface area contributed by atoms with Crippen LogP contribution >= 0.6 is 0 Å². The summed E-state index contributed by atoms with van der Waals surface area (Å²) in [6.45, 7) is 8.25. The molecular weight excluding hydrogens is 212 g/mol. The van der Waals surface area contributed by atoms with Gasteiger partial charge < -0.3 is 9.84 Å². The van der Waals surface area contributed by atoms with Gasteiger partial charge in [0, 0.05) is 11.0 Å². The molecule has 0 fully saturated rings. The molecule has 2 nitrogen and oxygen atoms in total. The number of hydrogen-bond donors (Lipinski definition) is 1. The molecule has 1 rings (SSSR count). The first-order valence-corrected chi connectivity index (χ1v) is 5.80. The van der Waals surface area contributed by atoms with Crippen LogP contribution in [0.2, 0.25) is 0 Å². The topological polar surface area (TPSA) is 29.5 Å². The first-order valence-electron chi connectivity index (χ1n) is 5.80. The molecule has 0 saturated heterocycles. The third-order valence-corrected chi connectivity index (χ3v) is 2.13. The van der Waals surface area contributed by atoms with Gasteiger partial charge in [0.1, 0.15) is 12.4 Å². The molecule has 1 aromatic carbocycles. The Hall–Kier alpha value is -1.46. The van der Waals surface area contributed by atoms with Crippen LogP contribution in [0.15, 0.2) is 24.3 Å². The summed E-state index contributed by atoms with van der Waals surface area (Å²) in [5, 5.41) is 9.57. The van der Waals surface area contributed by atoms with Gasteiger partial charge >= 0.3 is 0 Å². The molecule has 92 valence electrons. The Morgan fingerprint density at radius 2 is 1.94 bits per heavy atom. The molecule has 0 spiro atoms. The fourth-order valence-corrected chi connectivity index (χ4v) is 1.37. The second kappa shape index (κ2) is 5.75. The van der Waals surface area contributed by atoms with E-state index in [1.165, 1.54) is 0 Å². The molecular formula is C15H20O2. The lowest BCUT2D eigenvalue weighted by Crippen LogP contribution is -2.03. The lowest BCUT2D eigenvalue weighted by Gasteiger charge is -2.11. The summed E-state index contributed by atoms with van der Waals surface area (Å²) >= 11 is 0. The van der Waals surface area contributed by atoms with Crippen molar-refractivity contribution in [1.29, 1.82) is 0 Å². The molecule has 0 amide bonds. The van der Waals surface area contributed by atoms with Gasteiger partial charge in [0.05, 0.1) is 6.10 Å². The number of rotatable bonds is 3. The predicted octanol–water partition coefficient (Wildman–Crippen LogP) is 3.17. The summed E-state index contributed by atoms with van der Waals surface area (Å²) in [6, 6.07) is 7.48. The van der Waals surface area contributed by atoms with Crippen LogP contribution in [-0.4, -0.2) is 11.7 Å². The monoisotopic (exact) mass is 232 g/mol. The minimum absolute atomic E-state index is 0.00680. The number of benzene rings is 1. The van der Waals surface area contributed by atoms with E-state index in [2.05, 4.69) is 32.6 Å². The maximum absolute atomic E-state index is 9.57. The summed E-state index contributed by atoms with van der Waals surface area (Å²) in [5.74, 6) is 6.79. The zero-order valence-electron chi connectivity index (χ0n) is 10.9. The van der Waals surface area contributed by atoms with Crippen LogP contribution in [0.1, 0.15) is 39.4 Å². The maximum atomic E-state index is 9.57. The van der Waals surface area contributed by atoms with Crippen molar-refractivity contribution in [1.82, 2.24) is 0 Å². The number of aliphatic hydroxyl groups excluding tert-OH is 1. The molecule has 1 aromatic rings. The minimum Gasteiger partial charge on any atom is -0.481 e. The fourth-order valence-electron chi connectivity index (χ4n) is 1.37. The van der Waals surface area contributed by atoms with Crippen molar-refractivity contribution in [3.05, 3.63) is 29.8 Å². The van der Waals surface area contributed by atoms with Crippen molar-refractivity contribution in [3.8, 4) is 17.6 Å². The van der Waals surface area contributed by atoms with E-state index in [4.69, 9.17) is 4.74 Å². The van der Waals surface area contributed by atoms with Crippen molar-refractivity contribution in [3.63, 3.8) is 0 Å². The lowest BCUT2D eigenvalue weighted by atomic mass is 9.98. The van der Waals surface area contributed by atoms with Gasteiger partial charge in [0.25, 0.3) is 0 Å². The molecule has 0 radical (unpaired) electrons. The van der Waals surface area contributed by atoms with Crippen LogP contribution in [0.3, 0.4) is 0 Å². The molecule has 2 heteroatoms. The van der Waals surface area contributed by atoms with Crippen molar-refractivity contribution in [2.75, 3.05) is 6.61 Å². The molecule has 0 aliphatic rings. The number of aliphatic hydroxyl groups is 1. The van der Waals surface area contributed by atoms with E-state index in [0.29, 0.717) is 12.4 Å². The molecule has 0 aromatic heterocycles. The van der Waals surface area contributed by atoms with Gasteiger partial charge in [-0.15, -0.1) is 0 Å². The molecule has 0 saturated carbocycles. The molecule has 17 heavy (non-hydrogen) atoms. The Labute approximate surface area is 104 Å². The Morgan fingerprint density at radius 3 is 2.53 bits per heavy atom. The van der Waals surface area contributed by atoms with Crippen molar-refractivity contribution in [2.45, 2.75) is 33.8 Å². The van der Waals surface area contributed by atoms with Crippen molar-refractivity contribution < 1.29 is 9.84 Å². The molecule has 1 N–H and O–H groups in total. The van der Waals surface area contributed by atoms with Gasteiger partial charge in [-0.3, -0.25) is 0 Å². The van der Waals surface area contributed by atoms with Gasteiger partial charge in [0.15, 0.2) is 0 Å². The van der Waals surface area contributed by atoms with E-state index < -0.39 is 6.10 Å². The smallest absolute Gasteiger partial charge is 0.149 e. The van der Waals surface area contributed by atoms with Crippen LogP contribution in [0.4, 0.5) is 0 Å². The Kier molecular flexibility index (Phi) is 4.60. The van der Waals surface area contributed by atoms with E-state index in [0.717, 1.165) is 5.56 Å². The number of hydrogen-bond acceptors (Lipinski definition) is 2. The quantitative estimate of drug-likeness (QED) is 0.811. The van der Waals surface area contributed by atoms with Crippen molar-refractivity contribution >= 4 is 0 Å². The molecule has 0 aliphatic heterocycles. The second-order valence-corrected chi connectivity index (χ2v) is 5.05. The van der Waals surface area contributed by atoms with E-state index in [1.807, 2.05) is 24.3 Å². The summed E-state index contributed by atoms with van der Waals surface area (Å²) in [4.78, 5) is 0.